The van der Waals surface area contributed by atoms with E-state index in [1.807, 2.05) is 0 Å². The predicted molar refractivity (Wildman–Crippen MR) is 65.3 cm³/mol. The molecule has 1 atom stereocenters. The fourth-order valence-electron chi connectivity index (χ4n) is 2.18. The Morgan fingerprint density at radius 3 is 3.00 bits per heavy atom. The Balaban J connectivity index is 2.41. The van der Waals surface area contributed by atoms with E-state index < -0.39 is 0 Å². The van der Waals surface area contributed by atoms with Gasteiger partial charge >= 0.3 is 0 Å². The zero-order valence-corrected chi connectivity index (χ0v) is 9.46. The molecule has 0 fully saturated rings. The summed E-state index contributed by atoms with van der Waals surface area (Å²) in [4.78, 5) is 2.42. The van der Waals surface area contributed by atoms with Gasteiger partial charge in [-0.1, -0.05) is 6.07 Å². The summed E-state index contributed by atoms with van der Waals surface area (Å²) in [5.41, 5.74) is 9.38. The van der Waals surface area contributed by atoms with E-state index in [-0.39, 0.29) is 0 Å². The van der Waals surface area contributed by atoms with Gasteiger partial charge in [-0.05, 0) is 31.5 Å². The summed E-state index contributed by atoms with van der Waals surface area (Å²) in [7, 11) is 0. The average Bonchev–Trinajstić information content (AvgIpc) is 2.28. The molecule has 1 heterocycles. The van der Waals surface area contributed by atoms with Gasteiger partial charge in [0.1, 0.15) is 0 Å². The van der Waals surface area contributed by atoms with E-state index in [2.05, 4.69) is 42.3 Å². The lowest BCUT2D eigenvalue weighted by atomic mass is 10.1. The van der Waals surface area contributed by atoms with Gasteiger partial charge in [0.05, 0.1) is 11.4 Å². The van der Waals surface area contributed by atoms with Crippen molar-refractivity contribution in [3.05, 3.63) is 23.8 Å². The van der Waals surface area contributed by atoms with Crippen LogP contribution in [-0.2, 0) is 6.54 Å². The maximum Gasteiger partial charge on any atom is 0.0608 e. The molecule has 3 heteroatoms. The second-order valence-corrected chi connectivity index (χ2v) is 4.07. The van der Waals surface area contributed by atoms with Gasteiger partial charge in [-0.25, -0.2) is 0 Å². The van der Waals surface area contributed by atoms with E-state index in [1.165, 1.54) is 16.9 Å². The minimum absolute atomic E-state index is 0.551. The third-order valence-corrected chi connectivity index (χ3v) is 3.07. The first-order valence-corrected chi connectivity index (χ1v) is 5.59. The highest BCUT2D eigenvalue weighted by atomic mass is 15.2. The van der Waals surface area contributed by atoms with Gasteiger partial charge in [-0.2, -0.15) is 0 Å². The first-order chi connectivity index (χ1) is 7.26. The average molecular weight is 205 g/mol. The smallest absolute Gasteiger partial charge is 0.0608 e. The Morgan fingerprint density at radius 1 is 1.53 bits per heavy atom. The van der Waals surface area contributed by atoms with Crippen molar-refractivity contribution >= 4 is 11.4 Å². The summed E-state index contributed by atoms with van der Waals surface area (Å²) >= 11 is 0. The van der Waals surface area contributed by atoms with Crippen LogP contribution in [0.5, 0.6) is 0 Å². The molecule has 0 aliphatic carbocycles. The molecule has 3 nitrogen and oxygen atoms in total. The van der Waals surface area contributed by atoms with Crippen LogP contribution in [0.4, 0.5) is 11.4 Å². The van der Waals surface area contributed by atoms with Crippen LogP contribution in [0.3, 0.4) is 0 Å². The molecule has 0 bridgehead atoms. The molecule has 2 rings (SSSR count). The van der Waals surface area contributed by atoms with Crippen LogP contribution in [0.1, 0.15) is 19.4 Å². The molecule has 3 N–H and O–H groups in total. The van der Waals surface area contributed by atoms with Crippen molar-refractivity contribution < 1.29 is 0 Å². The molecule has 0 saturated carbocycles. The lowest BCUT2D eigenvalue weighted by molar-refractivity contribution is 0.658. The number of hydrogen-bond donors (Lipinski definition) is 2. The van der Waals surface area contributed by atoms with E-state index in [1.54, 1.807) is 0 Å². The molecular formula is C12H19N3. The second-order valence-electron chi connectivity index (χ2n) is 4.07. The molecule has 0 saturated heterocycles. The van der Waals surface area contributed by atoms with Crippen molar-refractivity contribution in [2.24, 2.45) is 5.73 Å². The third kappa shape index (κ3) is 1.79. The molecule has 1 aromatic rings. The fraction of sp³-hybridized carbons (Fsp3) is 0.500. The number of nitrogens with zero attached hydrogens (tertiary/aromatic N) is 1. The molecular weight excluding hydrogens is 186 g/mol. The zero-order valence-electron chi connectivity index (χ0n) is 9.46. The number of nitrogens with two attached hydrogens (primary N) is 1. The lowest BCUT2D eigenvalue weighted by Gasteiger charge is -2.37. The van der Waals surface area contributed by atoms with Crippen LogP contribution in [0, 0.1) is 0 Å². The summed E-state index contributed by atoms with van der Waals surface area (Å²) in [5.74, 6) is 0. The molecule has 1 aromatic carbocycles. The van der Waals surface area contributed by atoms with Crippen LogP contribution >= 0.6 is 0 Å². The van der Waals surface area contributed by atoms with Gasteiger partial charge in [-0.15, -0.1) is 0 Å². The van der Waals surface area contributed by atoms with Crippen LogP contribution in [0.25, 0.3) is 0 Å². The number of hydrogen-bond acceptors (Lipinski definition) is 3. The molecule has 15 heavy (non-hydrogen) atoms. The van der Waals surface area contributed by atoms with Gasteiger partial charge in [0.25, 0.3) is 0 Å². The highest BCUT2D eigenvalue weighted by molar-refractivity contribution is 5.73. The van der Waals surface area contributed by atoms with E-state index in [0.29, 0.717) is 12.6 Å². The number of anilines is 2. The molecule has 0 radical (unpaired) electrons. The zero-order chi connectivity index (χ0) is 10.8. The topological polar surface area (TPSA) is 41.3 Å². The molecule has 0 aromatic heterocycles. The van der Waals surface area contributed by atoms with Gasteiger partial charge < -0.3 is 16.0 Å². The summed E-state index contributed by atoms with van der Waals surface area (Å²) in [6.07, 6.45) is 0. The SMILES string of the molecule is CCN1c2cc(CN)ccc2NCC1C. The van der Waals surface area contributed by atoms with Crippen molar-refractivity contribution in [1.29, 1.82) is 0 Å². The largest absolute Gasteiger partial charge is 0.381 e. The molecule has 0 spiro atoms. The maximum absolute atomic E-state index is 5.67. The van der Waals surface area contributed by atoms with Crippen molar-refractivity contribution in [1.82, 2.24) is 0 Å². The van der Waals surface area contributed by atoms with Crippen molar-refractivity contribution in [2.75, 3.05) is 23.3 Å². The number of nitrogens with one attached hydrogen (secondary N) is 1. The lowest BCUT2D eigenvalue weighted by Crippen LogP contribution is -2.41. The molecule has 1 unspecified atom stereocenters. The van der Waals surface area contributed by atoms with Crippen LogP contribution in [0.2, 0.25) is 0 Å². The van der Waals surface area contributed by atoms with E-state index in [9.17, 15) is 0 Å². The summed E-state index contributed by atoms with van der Waals surface area (Å²) < 4.78 is 0. The predicted octanol–water partition coefficient (Wildman–Crippen LogP) is 1.79. The first kappa shape index (κ1) is 10.3. The Morgan fingerprint density at radius 2 is 2.33 bits per heavy atom. The van der Waals surface area contributed by atoms with Crippen LogP contribution < -0.4 is 16.0 Å². The van der Waals surface area contributed by atoms with Gasteiger partial charge in [0.15, 0.2) is 0 Å². The third-order valence-electron chi connectivity index (χ3n) is 3.07. The van der Waals surface area contributed by atoms with Crippen molar-refractivity contribution in [3.63, 3.8) is 0 Å². The minimum atomic E-state index is 0.551. The number of benzene rings is 1. The molecule has 0 amide bonds. The van der Waals surface area contributed by atoms with Gasteiger partial charge in [-0.3, -0.25) is 0 Å². The van der Waals surface area contributed by atoms with Gasteiger partial charge in [0.2, 0.25) is 0 Å². The Kier molecular flexibility index (Phi) is 2.82. The minimum Gasteiger partial charge on any atom is -0.381 e. The van der Waals surface area contributed by atoms with E-state index in [4.69, 9.17) is 5.73 Å². The normalized spacial score (nSPS) is 19.7. The van der Waals surface area contributed by atoms with Crippen LogP contribution in [-0.4, -0.2) is 19.1 Å². The standard InChI is InChI=1S/C12H19N3/c1-3-15-9(2)8-14-11-5-4-10(7-13)6-12(11)15/h4-6,9,14H,3,7-8,13H2,1-2H3. The Hall–Kier alpha value is -1.22. The molecule has 1 aliphatic rings. The highest BCUT2D eigenvalue weighted by Crippen LogP contribution is 2.31. The number of fused-ring (bicyclic) bond motifs is 1. The summed E-state index contributed by atoms with van der Waals surface area (Å²) in [5, 5.41) is 3.45. The van der Waals surface area contributed by atoms with Crippen molar-refractivity contribution in [3.8, 4) is 0 Å². The summed E-state index contributed by atoms with van der Waals surface area (Å²) in [6.45, 7) is 7.11. The molecule has 82 valence electrons. The summed E-state index contributed by atoms with van der Waals surface area (Å²) in [6, 6.07) is 6.97. The maximum atomic E-state index is 5.67. The molecule has 1 aliphatic heterocycles. The number of likely N-dealkylation sites (N-methyl/N-ethyl adjacent to an activating group) is 1. The fourth-order valence-corrected chi connectivity index (χ4v) is 2.18. The van der Waals surface area contributed by atoms with Gasteiger partial charge in [0, 0.05) is 25.7 Å². The number of rotatable bonds is 2. The Labute approximate surface area is 91.3 Å². The quantitative estimate of drug-likeness (QED) is 0.773. The first-order valence-electron chi connectivity index (χ1n) is 5.59. The highest BCUT2D eigenvalue weighted by Gasteiger charge is 2.21. The van der Waals surface area contributed by atoms with Crippen LogP contribution in [0.15, 0.2) is 18.2 Å². The van der Waals surface area contributed by atoms with E-state index in [0.717, 1.165) is 13.1 Å². The van der Waals surface area contributed by atoms with Crippen molar-refractivity contribution in [2.45, 2.75) is 26.4 Å². The second kappa shape index (κ2) is 4.11. The Bertz CT molecular complexity index is 349. The van der Waals surface area contributed by atoms with E-state index >= 15 is 0 Å². The monoisotopic (exact) mass is 205 g/mol.